The third kappa shape index (κ3) is 3.45. The van der Waals surface area contributed by atoms with Gasteiger partial charge in [-0.15, -0.1) is 11.3 Å². The Kier molecular flexibility index (Phi) is 4.62. The van der Waals surface area contributed by atoms with Gasteiger partial charge < -0.3 is 10.2 Å². The summed E-state index contributed by atoms with van der Waals surface area (Å²) < 4.78 is 0. The zero-order valence-corrected chi connectivity index (χ0v) is 12.8. The predicted octanol–water partition coefficient (Wildman–Crippen LogP) is 3.27. The standard InChI is InChI=1S/C14H25N3S/c1-10(2)15-8-13-9-18-14(16-13)17-6-5-11(3)7-12(17)4/h9-12,15H,5-8H2,1-4H3. The number of anilines is 1. The number of hydrogen-bond acceptors (Lipinski definition) is 4. The summed E-state index contributed by atoms with van der Waals surface area (Å²) in [4.78, 5) is 7.24. The molecular formula is C14H25N3S. The molecule has 0 bridgehead atoms. The fraction of sp³-hybridized carbons (Fsp3) is 0.786. The van der Waals surface area contributed by atoms with E-state index in [1.165, 1.54) is 23.7 Å². The van der Waals surface area contributed by atoms with Crippen LogP contribution >= 0.6 is 11.3 Å². The second-order valence-corrected chi connectivity index (χ2v) is 6.67. The van der Waals surface area contributed by atoms with Crippen LogP contribution in [-0.4, -0.2) is 23.6 Å². The van der Waals surface area contributed by atoms with Crippen molar-refractivity contribution in [1.82, 2.24) is 10.3 Å². The summed E-state index contributed by atoms with van der Waals surface area (Å²) in [6, 6.07) is 1.15. The molecule has 2 unspecified atom stereocenters. The second kappa shape index (κ2) is 6.02. The Hall–Kier alpha value is -0.610. The molecule has 0 spiro atoms. The fourth-order valence-electron chi connectivity index (χ4n) is 2.51. The van der Waals surface area contributed by atoms with E-state index in [1.54, 1.807) is 11.3 Å². The zero-order chi connectivity index (χ0) is 13.1. The number of aromatic nitrogens is 1. The number of nitrogens with zero attached hydrogens (tertiary/aromatic N) is 2. The average molecular weight is 267 g/mol. The quantitative estimate of drug-likeness (QED) is 0.907. The molecule has 1 saturated heterocycles. The Balaban J connectivity index is 1.96. The van der Waals surface area contributed by atoms with Crippen LogP contribution in [0.25, 0.3) is 0 Å². The molecule has 2 atom stereocenters. The summed E-state index contributed by atoms with van der Waals surface area (Å²) in [5.41, 5.74) is 1.18. The first-order valence-electron chi connectivity index (χ1n) is 7.00. The van der Waals surface area contributed by atoms with E-state index in [9.17, 15) is 0 Å². The molecule has 3 nitrogen and oxygen atoms in total. The second-order valence-electron chi connectivity index (χ2n) is 5.83. The van der Waals surface area contributed by atoms with E-state index in [4.69, 9.17) is 4.98 Å². The Morgan fingerprint density at radius 2 is 2.28 bits per heavy atom. The summed E-state index contributed by atoms with van der Waals surface area (Å²) in [7, 11) is 0. The van der Waals surface area contributed by atoms with Crippen molar-refractivity contribution in [3.63, 3.8) is 0 Å². The van der Waals surface area contributed by atoms with Crippen LogP contribution in [0.15, 0.2) is 5.38 Å². The molecule has 1 aliphatic rings. The number of nitrogens with one attached hydrogen (secondary N) is 1. The molecule has 0 aromatic carbocycles. The Bertz CT molecular complexity index is 375. The molecule has 0 saturated carbocycles. The molecule has 1 fully saturated rings. The highest BCUT2D eigenvalue weighted by molar-refractivity contribution is 7.13. The maximum atomic E-state index is 4.76. The van der Waals surface area contributed by atoms with Gasteiger partial charge in [0.2, 0.25) is 0 Å². The molecule has 2 rings (SSSR count). The summed E-state index contributed by atoms with van der Waals surface area (Å²) in [5, 5.41) is 6.82. The third-order valence-corrected chi connectivity index (χ3v) is 4.54. The van der Waals surface area contributed by atoms with Crippen LogP contribution in [0.2, 0.25) is 0 Å². The Morgan fingerprint density at radius 3 is 2.94 bits per heavy atom. The molecule has 18 heavy (non-hydrogen) atoms. The van der Waals surface area contributed by atoms with Gasteiger partial charge in [0, 0.05) is 30.6 Å². The van der Waals surface area contributed by atoms with Crippen LogP contribution in [0.4, 0.5) is 5.13 Å². The summed E-state index contributed by atoms with van der Waals surface area (Å²) in [6.07, 6.45) is 2.59. The smallest absolute Gasteiger partial charge is 0.185 e. The van der Waals surface area contributed by atoms with Gasteiger partial charge in [0.15, 0.2) is 5.13 Å². The van der Waals surface area contributed by atoms with E-state index in [1.807, 2.05) is 0 Å². The molecule has 1 aliphatic heterocycles. The minimum absolute atomic E-state index is 0.518. The lowest BCUT2D eigenvalue weighted by atomic mass is 9.94. The number of hydrogen-bond donors (Lipinski definition) is 1. The molecule has 0 amide bonds. The summed E-state index contributed by atoms with van der Waals surface area (Å²) in [6.45, 7) is 11.1. The van der Waals surface area contributed by atoms with Crippen LogP contribution in [0.1, 0.15) is 46.2 Å². The zero-order valence-electron chi connectivity index (χ0n) is 11.9. The Morgan fingerprint density at radius 1 is 1.50 bits per heavy atom. The van der Waals surface area contributed by atoms with Gasteiger partial charge in [-0.3, -0.25) is 0 Å². The van der Waals surface area contributed by atoms with Crippen molar-refractivity contribution in [2.75, 3.05) is 11.4 Å². The molecule has 102 valence electrons. The Labute approximate surface area is 115 Å². The highest BCUT2D eigenvalue weighted by Crippen LogP contribution is 2.29. The first kappa shape index (κ1) is 13.8. The van der Waals surface area contributed by atoms with Crippen LogP contribution in [0.3, 0.4) is 0 Å². The van der Waals surface area contributed by atoms with E-state index in [-0.39, 0.29) is 0 Å². The van der Waals surface area contributed by atoms with Crippen molar-refractivity contribution in [2.45, 2.75) is 59.2 Å². The van der Waals surface area contributed by atoms with Crippen molar-refractivity contribution >= 4 is 16.5 Å². The summed E-state index contributed by atoms with van der Waals surface area (Å²) >= 11 is 1.79. The maximum absolute atomic E-state index is 4.76. The van der Waals surface area contributed by atoms with Crippen LogP contribution < -0.4 is 10.2 Å². The van der Waals surface area contributed by atoms with Gasteiger partial charge in [-0.1, -0.05) is 20.8 Å². The minimum atomic E-state index is 0.518. The lowest BCUT2D eigenvalue weighted by Gasteiger charge is -2.36. The summed E-state index contributed by atoms with van der Waals surface area (Å²) in [5.74, 6) is 0.860. The van der Waals surface area contributed by atoms with Crippen molar-refractivity contribution in [1.29, 1.82) is 0 Å². The number of rotatable bonds is 4. The van der Waals surface area contributed by atoms with Gasteiger partial charge >= 0.3 is 0 Å². The van der Waals surface area contributed by atoms with Gasteiger partial charge in [-0.05, 0) is 25.7 Å². The number of piperidine rings is 1. The van der Waals surface area contributed by atoms with E-state index >= 15 is 0 Å². The van der Waals surface area contributed by atoms with Gasteiger partial charge in [-0.25, -0.2) is 4.98 Å². The van der Waals surface area contributed by atoms with E-state index in [2.05, 4.69) is 43.3 Å². The SMILES string of the molecule is CC1CCN(c2nc(CNC(C)C)cs2)C(C)C1. The largest absolute Gasteiger partial charge is 0.345 e. The van der Waals surface area contributed by atoms with E-state index in [0.29, 0.717) is 12.1 Å². The minimum Gasteiger partial charge on any atom is -0.345 e. The maximum Gasteiger partial charge on any atom is 0.185 e. The fourth-order valence-corrected chi connectivity index (χ4v) is 3.46. The molecule has 1 aromatic heterocycles. The van der Waals surface area contributed by atoms with Gasteiger partial charge in [0.1, 0.15) is 0 Å². The van der Waals surface area contributed by atoms with Crippen molar-refractivity contribution in [3.8, 4) is 0 Å². The molecule has 0 radical (unpaired) electrons. The first-order valence-corrected chi connectivity index (χ1v) is 7.88. The van der Waals surface area contributed by atoms with Crippen LogP contribution in [-0.2, 0) is 6.54 Å². The lowest BCUT2D eigenvalue weighted by molar-refractivity contribution is 0.377. The average Bonchev–Trinajstić information content (AvgIpc) is 2.75. The molecule has 0 aliphatic carbocycles. The van der Waals surface area contributed by atoms with Crippen LogP contribution in [0.5, 0.6) is 0 Å². The van der Waals surface area contributed by atoms with Crippen molar-refractivity contribution in [3.05, 3.63) is 11.1 Å². The molecule has 1 N–H and O–H groups in total. The molecular weight excluding hydrogens is 242 g/mol. The third-order valence-electron chi connectivity index (χ3n) is 3.62. The van der Waals surface area contributed by atoms with Gasteiger partial charge in [-0.2, -0.15) is 0 Å². The van der Waals surface area contributed by atoms with E-state index in [0.717, 1.165) is 19.0 Å². The highest BCUT2D eigenvalue weighted by Gasteiger charge is 2.24. The van der Waals surface area contributed by atoms with Crippen LogP contribution in [0, 0.1) is 5.92 Å². The highest BCUT2D eigenvalue weighted by atomic mass is 32.1. The topological polar surface area (TPSA) is 28.2 Å². The van der Waals surface area contributed by atoms with E-state index < -0.39 is 0 Å². The molecule has 4 heteroatoms. The van der Waals surface area contributed by atoms with Gasteiger partial charge in [0.05, 0.1) is 5.69 Å². The normalized spacial score (nSPS) is 24.8. The molecule has 1 aromatic rings. The molecule has 2 heterocycles. The van der Waals surface area contributed by atoms with Crippen molar-refractivity contribution in [2.24, 2.45) is 5.92 Å². The lowest BCUT2D eigenvalue weighted by Crippen LogP contribution is -2.40. The van der Waals surface area contributed by atoms with Gasteiger partial charge in [0.25, 0.3) is 0 Å². The predicted molar refractivity (Wildman–Crippen MR) is 79.3 cm³/mol. The van der Waals surface area contributed by atoms with Crippen molar-refractivity contribution < 1.29 is 0 Å². The number of thiazole rings is 1. The monoisotopic (exact) mass is 267 g/mol. The first-order chi connectivity index (χ1) is 8.56.